The molecule has 1 saturated heterocycles. The number of aromatic amines is 1. The second-order valence-corrected chi connectivity index (χ2v) is 10.6. The van der Waals surface area contributed by atoms with Crippen LogP contribution in [-0.2, 0) is 25.6 Å². The fourth-order valence-electron chi connectivity index (χ4n) is 4.15. The standard InChI is InChI=1S/C25H33N5O4S/c1-15(2)35-25(34)21(8-7-18(31)13-26)30-24(33)22(29-17-9-10-27-23(32)12-17)11-16-14-28-20-6-4-3-5-19(16)20/h3-6,13-15,17,21-22,26,28-29H,7-12H2,1-2H3,(H,27,32)(H,30,33)/t17?,21-,22-/m0/s1. The van der Waals surface area contributed by atoms with Crippen LogP contribution in [0, 0.1) is 5.41 Å². The molecule has 3 rings (SSSR count). The van der Waals surface area contributed by atoms with Gasteiger partial charge in [0.15, 0.2) is 5.78 Å². The monoisotopic (exact) mass is 499 g/mol. The largest absolute Gasteiger partial charge is 0.361 e. The van der Waals surface area contributed by atoms with E-state index in [4.69, 9.17) is 5.41 Å². The number of hydrogen-bond donors (Lipinski definition) is 5. The Bertz CT molecular complexity index is 1080. The second kappa shape index (κ2) is 12.6. The van der Waals surface area contributed by atoms with Gasteiger partial charge in [-0.25, -0.2) is 0 Å². The molecule has 3 atom stereocenters. The molecule has 10 heteroatoms. The molecule has 2 heterocycles. The molecule has 0 radical (unpaired) electrons. The number of carbonyl (C=O) groups excluding carboxylic acids is 4. The maximum atomic E-state index is 13.5. The number of Topliss-reactive ketones (excluding diaryl/α,β-unsaturated/α-hetero) is 1. The lowest BCUT2D eigenvalue weighted by molar-refractivity contribution is -0.127. The fraction of sp³-hybridized carbons (Fsp3) is 0.480. The topological polar surface area (TPSA) is 144 Å². The molecule has 0 bridgehead atoms. The quantitative estimate of drug-likeness (QED) is 0.283. The highest BCUT2D eigenvalue weighted by Gasteiger charge is 2.30. The molecule has 2 aromatic rings. The van der Waals surface area contributed by atoms with Gasteiger partial charge in [0.1, 0.15) is 0 Å². The summed E-state index contributed by atoms with van der Waals surface area (Å²) in [6.07, 6.45) is 4.08. The van der Waals surface area contributed by atoms with E-state index in [1.54, 1.807) is 0 Å². The number of fused-ring (bicyclic) bond motifs is 1. The minimum absolute atomic E-state index is 0.00216. The number of aromatic nitrogens is 1. The number of rotatable bonds is 12. The van der Waals surface area contributed by atoms with E-state index in [2.05, 4.69) is 20.9 Å². The second-order valence-electron chi connectivity index (χ2n) is 9.02. The van der Waals surface area contributed by atoms with Crippen LogP contribution in [0.25, 0.3) is 10.9 Å². The molecule has 0 aliphatic carbocycles. The van der Waals surface area contributed by atoms with Gasteiger partial charge < -0.3 is 26.3 Å². The Labute approximate surface area is 209 Å². The Morgan fingerprint density at radius 2 is 2.00 bits per heavy atom. The van der Waals surface area contributed by atoms with Crippen molar-refractivity contribution in [3.63, 3.8) is 0 Å². The fourth-order valence-corrected chi connectivity index (χ4v) is 4.96. The third-order valence-corrected chi connectivity index (χ3v) is 6.88. The zero-order valence-corrected chi connectivity index (χ0v) is 20.9. The number of thioether (sulfide) groups is 1. The predicted molar refractivity (Wildman–Crippen MR) is 138 cm³/mol. The minimum Gasteiger partial charge on any atom is -0.361 e. The van der Waals surface area contributed by atoms with Gasteiger partial charge in [-0.2, -0.15) is 0 Å². The van der Waals surface area contributed by atoms with Crippen molar-refractivity contribution in [2.75, 3.05) is 6.54 Å². The molecule has 35 heavy (non-hydrogen) atoms. The zero-order chi connectivity index (χ0) is 25.4. The summed E-state index contributed by atoms with van der Waals surface area (Å²) in [4.78, 5) is 53.2. The average molecular weight is 500 g/mol. The van der Waals surface area contributed by atoms with Crippen LogP contribution in [0.5, 0.6) is 0 Å². The maximum absolute atomic E-state index is 13.5. The Hall–Kier alpha value is -2.98. The Kier molecular flexibility index (Phi) is 9.62. The van der Waals surface area contributed by atoms with Crippen molar-refractivity contribution in [3.05, 3.63) is 36.0 Å². The van der Waals surface area contributed by atoms with Crippen LogP contribution in [0.1, 0.15) is 45.1 Å². The van der Waals surface area contributed by atoms with Gasteiger partial charge in [-0.3, -0.25) is 19.2 Å². The lowest BCUT2D eigenvalue weighted by Crippen LogP contribution is -2.55. The number of nitrogens with one attached hydrogen (secondary N) is 5. The summed E-state index contributed by atoms with van der Waals surface area (Å²) in [6.45, 7) is 4.31. The molecule has 0 saturated carbocycles. The highest BCUT2D eigenvalue weighted by Crippen LogP contribution is 2.21. The molecule has 1 aliphatic heterocycles. The van der Waals surface area contributed by atoms with Crippen molar-refractivity contribution >= 4 is 51.6 Å². The van der Waals surface area contributed by atoms with Gasteiger partial charge in [-0.1, -0.05) is 43.8 Å². The van der Waals surface area contributed by atoms with Crippen molar-refractivity contribution < 1.29 is 19.2 Å². The molecule has 1 aliphatic rings. The number of benzene rings is 1. The predicted octanol–water partition coefficient (Wildman–Crippen LogP) is 2.10. The van der Waals surface area contributed by atoms with Crippen molar-refractivity contribution in [2.45, 2.75) is 69.3 Å². The number of amides is 2. The number of piperidine rings is 1. The summed E-state index contributed by atoms with van der Waals surface area (Å²) in [5.74, 6) is -0.814. The van der Waals surface area contributed by atoms with Gasteiger partial charge in [-0.15, -0.1) is 0 Å². The normalized spacial score (nSPS) is 17.6. The van der Waals surface area contributed by atoms with Crippen LogP contribution in [0.4, 0.5) is 0 Å². The van der Waals surface area contributed by atoms with Crippen molar-refractivity contribution in [2.24, 2.45) is 0 Å². The van der Waals surface area contributed by atoms with Crippen LogP contribution in [0.15, 0.2) is 30.5 Å². The summed E-state index contributed by atoms with van der Waals surface area (Å²) in [6, 6.07) is 6.13. The molecule has 1 unspecified atom stereocenters. The van der Waals surface area contributed by atoms with Gasteiger partial charge >= 0.3 is 0 Å². The molecule has 188 valence electrons. The molecule has 1 fully saturated rings. The summed E-state index contributed by atoms with van der Waals surface area (Å²) in [5, 5.41) is 16.9. The zero-order valence-electron chi connectivity index (χ0n) is 20.1. The van der Waals surface area contributed by atoms with Crippen molar-refractivity contribution in [3.8, 4) is 0 Å². The molecular weight excluding hydrogens is 466 g/mol. The van der Waals surface area contributed by atoms with Crippen LogP contribution in [-0.4, -0.2) is 63.8 Å². The molecule has 0 spiro atoms. The van der Waals surface area contributed by atoms with E-state index in [9.17, 15) is 19.2 Å². The van der Waals surface area contributed by atoms with Gasteiger partial charge in [0.2, 0.25) is 16.9 Å². The summed E-state index contributed by atoms with van der Waals surface area (Å²) in [7, 11) is 0. The highest BCUT2D eigenvalue weighted by atomic mass is 32.2. The first-order valence-corrected chi connectivity index (χ1v) is 12.8. The maximum Gasteiger partial charge on any atom is 0.238 e. The lowest BCUT2D eigenvalue weighted by Gasteiger charge is -2.29. The number of para-hydroxylation sites is 1. The van der Waals surface area contributed by atoms with E-state index in [-0.39, 0.29) is 47.5 Å². The van der Waals surface area contributed by atoms with Gasteiger partial charge in [0.05, 0.1) is 18.3 Å². The molecule has 1 aromatic heterocycles. The number of hydrogen-bond acceptors (Lipinski definition) is 7. The van der Waals surface area contributed by atoms with Crippen LogP contribution >= 0.6 is 11.8 Å². The Morgan fingerprint density at radius 3 is 2.71 bits per heavy atom. The van der Waals surface area contributed by atoms with E-state index >= 15 is 0 Å². The summed E-state index contributed by atoms with van der Waals surface area (Å²) < 4.78 is 0. The van der Waals surface area contributed by atoms with E-state index < -0.39 is 17.9 Å². The van der Waals surface area contributed by atoms with E-state index in [1.165, 1.54) is 0 Å². The average Bonchev–Trinajstić information content (AvgIpc) is 3.23. The molecule has 5 N–H and O–H groups in total. The molecule has 9 nitrogen and oxygen atoms in total. The third kappa shape index (κ3) is 7.76. The van der Waals surface area contributed by atoms with Crippen LogP contribution in [0.2, 0.25) is 0 Å². The van der Waals surface area contributed by atoms with Gasteiger partial charge in [0.25, 0.3) is 0 Å². The SMILES string of the molecule is CC(C)SC(=O)[C@H](CCC(=O)C=N)NC(=O)[C@H](Cc1c[nH]c2ccccc12)NC1CCNC(=O)C1. The molecule has 2 amide bonds. The summed E-state index contributed by atoms with van der Waals surface area (Å²) >= 11 is 1.12. The van der Waals surface area contributed by atoms with E-state index in [1.807, 2.05) is 44.3 Å². The Balaban J connectivity index is 1.80. The van der Waals surface area contributed by atoms with Crippen molar-refractivity contribution in [1.82, 2.24) is 20.9 Å². The first kappa shape index (κ1) is 26.6. The van der Waals surface area contributed by atoms with E-state index in [0.717, 1.165) is 34.4 Å². The van der Waals surface area contributed by atoms with Crippen LogP contribution < -0.4 is 16.0 Å². The van der Waals surface area contributed by atoms with Gasteiger partial charge in [0, 0.05) is 47.8 Å². The summed E-state index contributed by atoms with van der Waals surface area (Å²) in [5.41, 5.74) is 1.91. The number of H-pyrrole nitrogens is 1. The minimum atomic E-state index is -0.847. The first-order valence-electron chi connectivity index (χ1n) is 11.9. The molecular formula is C25H33N5O4S. The Morgan fingerprint density at radius 1 is 1.23 bits per heavy atom. The third-order valence-electron chi connectivity index (χ3n) is 5.89. The lowest BCUT2D eigenvalue weighted by atomic mass is 9.99. The van der Waals surface area contributed by atoms with E-state index in [0.29, 0.717) is 19.4 Å². The molecule has 1 aromatic carbocycles. The first-order chi connectivity index (χ1) is 16.8. The smallest absolute Gasteiger partial charge is 0.238 e. The van der Waals surface area contributed by atoms with Gasteiger partial charge in [-0.05, 0) is 30.9 Å². The highest BCUT2D eigenvalue weighted by molar-refractivity contribution is 8.14. The van der Waals surface area contributed by atoms with Crippen LogP contribution in [0.3, 0.4) is 0 Å². The number of ketones is 1. The number of carbonyl (C=O) groups is 4. The van der Waals surface area contributed by atoms with Crippen molar-refractivity contribution in [1.29, 1.82) is 5.41 Å².